The van der Waals surface area contributed by atoms with E-state index in [-0.39, 0.29) is 5.91 Å². The first-order valence-electron chi connectivity index (χ1n) is 7.83. The summed E-state index contributed by atoms with van der Waals surface area (Å²) in [4.78, 5) is 17.0. The number of halogens is 1. The summed E-state index contributed by atoms with van der Waals surface area (Å²) in [6.07, 6.45) is 2.63. The molecule has 0 aliphatic carbocycles. The first kappa shape index (κ1) is 14.9. The van der Waals surface area contributed by atoms with E-state index in [1.807, 2.05) is 60.7 Å². The predicted molar refractivity (Wildman–Crippen MR) is 99.1 cm³/mol. The zero-order valence-electron chi connectivity index (χ0n) is 12.9. The lowest BCUT2D eigenvalue weighted by Gasteiger charge is -2.03. The van der Waals surface area contributed by atoms with Crippen LogP contribution in [0.25, 0.3) is 22.6 Å². The van der Waals surface area contributed by atoms with Crippen LogP contribution in [0.15, 0.2) is 54.6 Å². The Morgan fingerprint density at radius 2 is 1.96 bits per heavy atom. The van der Waals surface area contributed by atoms with Gasteiger partial charge in [-0.1, -0.05) is 30.3 Å². The summed E-state index contributed by atoms with van der Waals surface area (Å²) in [5.74, 6) is 0.466. The van der Waals surface area contributed by atoms with Crippen LogP contribution >= 0.6 is 11.6 Å². The van der Waals surface area contributed by atoms with Gasteiger partial charge >= 0.3 is 0 Å². The summed E-state index contributed by atoms with van der Waals surface area (Å²) in [5, 5.41) is 3.99. The Kier molecular flexibility index (Phi) is 3.79. The SMILES string of the molecule is O=C1Nc2ccc(CCCl)cc2C1=Cc1ccc2ccccc2n1. The smallest absolute Gasteiger partial charge is 0.256 e. The van der Waals surface area contributed by atoms with Gasteiger partial charge in [0.2, 0.25) is 0 Å². The van der Waals surface area contributed by atoms with Crippen molar-refractivity contribution < 1.29 is 4.79 Å². The summed E-state index contributed by atoms with van der Waals surface area (Å²) < 4.78 is 0. The molecule has 2 aromatic carbocycles. The number of hydrogen-bond acceptors (Lipinski definition) is 2. The van der Waals surface area contributed by atoms with Crippen molar-refractivity contribution in [1.29, 1.82) is 0 Å². The molecule has 0 radical (unpaired) electrons. The number of hydrogen-bond donors (Lipinski definition) is 1. The molecule has 0 saturated carbocycles. The lowest BCUT2D eigenvalue weighted by molar-refractivity contribution is -0.110. The number of nitrogens with zero attached hydrogens (tertiary/aromatic N) is 1. The van der Waals surface area contributed by atoms with Gasteiger partial charge < -0.3 is 5.32 Å². The third-order valence-electron chi connectivity index (χ3n) is 4.16. The van der Waals surface area contributed by atoms with E-state index >= 15 is 0 Å². The average molecular weight is 335 g/mol. The Balaban J connectivity index is 1.79. The second-order valence-corrected chi connectivity index (χ2v) is 6.14. The van der Waals surface area contributed by atoms with E-state index in [2.05, 4.69) is 10.3 Å². The van der Waals surface area contributed by atoms with Crippen LogP contribution < -0.4 is 5.32 Å². The Morgan fingerprint density at radius 3 is 2.83 bits per heavy atom. The van der Waals surface area contributed by atoms with Gasteiger partial charge in [-0.2, -0.15) is 0 Å². The number of alkyl halides is 1. The zero-order chi connectivity index (χ0) is 16.5. The first-order valence-corrected chi connectivity index (χ1v) is 8.36. The summed E-state index contributed by atoms with van der Waals surface area (Å²) in [6, 6.07) is 17.9. The van der Waals surface area contributed by atoms with Gasteiger partial charge in [0, 0.05) is 22.5 Å². The predicted octanol–water partition coefficient (Wildman–Crippen LogP) is 4.51. The highest BCUT2D eigenvalue weighted by Gasteiger charge is 2.24. The number of nitrogens with one attached hydrogen (secondary N) is 1. The molecule has 1 aromatic heterocycles. The maximum Gasteiger partial charge on any atom is 0.256 e. The number of aromatic nitrogens is 1. The molecule has 24 heavy (non-hydrogen) atoms. The summed E-state index contributed by atoms with van der Waals surface area (Å²) in [7, 11) is 0. The summed E-state index contributed by atoms with van der Waals surface area (Å²) in [5.41, 5.74) is 5.21. The van der Waals surface area contributed by atoms with Crippen LogP contribution in [0, 0.1) is 0 Å². The van der Waals surface area contributed by atoms with E-state index in [0.717, 1.165) is 39.8 Å². The zero-order valence-corrected chi connectivity index (χ0v) is 13.7. The fourth-order valence-corrected chi connectivity index (χ4v) is 3.17. The van der Waals surface area contributed by atoms with Crippen molar-refractivity contribution in [3.8, 4) is 0 Å². The van der Waals surface area contributed by atoms with Crippen LogP contribution in [0.2, 0.25) is 0 Å². The number of aryl methyl sites for hydroxylation is 1. The van der Waals surface area contributed by atoms with Crippen molar-refractivity contribution in [3.05, 3.63) is 71.4 Å². The Hall–Kier alpha value is -2.65. The Bertz CT molecular complexity index is 978. The molecular formula is C20H15ClN2O. The second-order valence-electron chi connectivity index (χ2n) is 5.76. The van der Waals surface area contributed by atoms with Gasteiger partial charge in [0.05, 0.1) is 16.8 Å². The van der Waals surface area contributed by atoms with Gasteiger partial charge in [-0.25, -0.2) is 4.98 Å². The lowest BCUT2D eigenvalue weighted by atomic mass is 10.0. The monoisotopic (exact) mass is 334 g/mol. The maximum absolute atomic E-state index is 12.3. The van der Waals surface area contributed by atoms with Gasteiger partial charge in [-0.05, 0) is 42.3 Å². The number of anilines is 1. The lowest BCUT2D eigenvalue weighted by Crippen LogP contribution is -2.03. The Morgan fingerprint density at radius 1 is 1.08 bits per heavy atom. The fourth-order valence-electron chi connectivity index (χ4n) is 2.95. The van der Waals surface area contributed by atoms with Crippen molar-refractivity contribution in [3.63, 3.8) is 0 Å². The minimum absolute atomic E-state index is 0.0945. The normalized spacial score (nSPS) is 14.9. The van der Waals surface area contributed by atoms with Crippen LogP contribution in [0.1, 0.15) is 16.8 Å². The van der Waals surface area contributed by atoms with Crippen LogP contribution in [0.3, 0.4) is 0 Å². The van der Waals surface area contributed by atoms with Gasteiger partial charge in [0.25, 0.3) is 5.91 Å². The van der Waals surface area contributed by atoms with Crippen molar-refractivity contribution in [2.45, 2.75) is 6.42 Å². The average Bonchev–Trinajstić information content (AvgIpc) is 2.90. The number of carbonyl (C=O) groups is 1. The molecule has 0 spiro atoms. The van der Waals surface area contributed by atoms with Crippen molar-refractivity contribution in [2.24, 2.45) is 0 Å². The molecule has 3 nitrogen and oxygen atoms in total. The van der Waals surface area contributed by atoms with Crippen molar-refractivity contribution >= 4 is 45.7 Å². The molecule has 0 saturated heterocycles. The Labute approximate surface area is 145 Å². The highest BCUT2D eigenvalue weighted by Crippen LogP contribution is 2.34. The number of fused-ring (bicyclic) bond motifs is 2. The molecule has 0 atom stereocenters. The third-order valence-corrected chi connectivity index (χ3v) is 4.35. The molecule has 3 aromatic rings. The molecule has 2 heterocycles. The fraction of sp³-hybridized carbons (Fsp3) is 0.100. The second kappa shape index (κ2) is 6.10. The summed E-state index contributed by atoms with van der Waals surface area (Å²) in [6.45, 7) is 0. The van der Waals surface area contributed by atoms with Crippen molar-refractivity contribution in [1.82, 2.24) is 4.98 Å². The maximum atomic E-state index is 12.3. The molecule has 1 N–H and O–H groups in total. The van der Waals surface area contributed by atoms with Gasteiger partial charge in [0.15, 0.2) is 0 Å². The molecule has 0 unspecified atom stereocenters. The molecule has 0 bridgehead atoms. The van der Waals surface area contributed by atoms with E-state index in [9.17, 15) is 4.79 Å². The number of carbonyl (C=O) groups excluding carboxylic acids is 1. The van der Waals surface area contributed by atoms with Crippen LogP contribution in [-0.2, 0) is 11.2 Å². The molecule has 4 heteroatoms. The van der Waals surface area contributed by atoms with E-state index in [0.29, 0.717) is 11.5 Å². The molecule has 118 valence electrons. The number of benzene rings is 2. The highest BCUT2D eigenvalue weighted by molar-refractivity contribution is 6.34. The summed E-state index contributed by atoms with van der Waals surface area (Å²) >= 11 is 5.83. The molecule has 1 amide bonds. The van der Waals surface area contributed by atoms with E-state index < -0.39 is 0 Å². The minimum atomic E-state index is -0.0945. The standard InChI is InChI=1S/C20H15ClN2O/c21-10-9-13-5-8-19-16(11-13)17(20(24)23-19)12-15-7-6-14-3-1-2-4-18(14)22-15/h1-8,11-12H,9-10H2,(H,23,24). The van der Waals surface area contributed by atoms with E-state index in [1.165, 1.54) is 0 Å². The number of amides is 1. The number of para-hydroxylation sites is 1. The molecule has 0 fully saturated rings. The molecule has 1 aliphatic heterocycles. The minimum Gasteiger partial charge on any atom is -0.321 e. The molecule has 1 aliphatic rings. The van der Waals surface area contributed by atoms with Crippen LogP contribution in [0.4, 0.5) is 5.69 Å². The molecular weight excluding hydrogens is 320 g/mol. The van der Waals surface area contributed by atoms with Gasteiger partial charge in [-0.3, -0.25) is 4.79 Å². The van der Waals surface area contributed by atoms with Gasteiger partial charge in [0.1, 0.15) is 0 Å². The first-order chi connectivity index (χ1) is 11.7. The third kappa shape index (κ3) is 2.68. The van der Waals surface area contributed by atoms with Gasteiger partial charge in [-0.15, -0.1) is 11.6 Å². The largest absolute Gasteiger partial charge is 0.321 e. The van der Waals surface area contributed by atoms with E-state index in [1.54, 1.807) is 0 Å². The quantitative estimate of drug-likeness (QED) is 0.565. The highest BCUT2D eigenvalue weighted by atomic mass is 35.5. The van der Waals surface area contributed by atoms with Crippen LogP contribution in [0.5, 0.6) is 0 Å². The van der Waals surface area contributed by atoms with E-state index in [4.69, 9.17) is 11.6 Å². The topological polar surface area (TPSA) is 42.0 Å². The molecule has 4 rings (SSSR count). The van der Waals surface area contributed by atoms with Crippen LogP contribution in [-0.4, -0.2) is 16.8 Å². The number of pyridine rings is 1. The number of rotatable bonds is 3. The van der Waals surface area contributed by atoms with Crippen molar-refractivity contribution in [2.75, 3.05) is 11.2 Å².